The molecule has 0 saturated carbocycles. The monoisotopic (exact) mass is 472 g/mol. The van der Waals surface area contributed by atoms with Crippen molar-refractivity contribution in [3.8, 4) is 11.5 Å². The first-order valence-electron chi connectivity index (χ1n) is 9.31. The van der Waals surface area contributed by atoms with E-state index in [-0.39, 0.29) is 30.3 Å². The Morgan fingerprint density at radius 1 is 1.20 bits per heavy atom. The quantitative estimate of drug-likeness (QED) is 0.666. The lowest BCUT2D eigenvalue weighted by Gasteiger charge is -2.31. The maximum Gasteiger partial charge on any atom is 0.244 e. The van der Waals surface area contributed by atoms with Gasteiger partial charge >= 0.3 is 0 Å². The molecule has 0 unspecified atom stereocenters. The molecule has 0 fully saturated rings. The van der Waals surface area contributed by atoms with Gasteiger partial charge in [-0.3, -0.25) is 9.10 Å². The summed E-state index contributed by atoms with van der Waals surface area (Å²) in [5, 5.41) is 3.26. The zero-order valence-electron chi connectivity index (χ0n) is 16.5. The highest BCUT2D eigenvalue weighted by Gasteiger charge is 2.32. The largest absolute Gasteiger partial charge is 0.486 e. The SMILES string of the molecule is CC[C@H](C(=O)NC[C@H]1COc2ccccc2O1)N(c1ccc(Cl)c(Cl)c1)S(C)(=O)=O. The van der Waals surface area contributed by atoms with Crippen LogP contribution in [0.25, 0.3) is 0 Å². The second kappa shape index (κ2) is 9.32. The zero-order valence-corrected chi connectivity index (χ0v) is 18.8. The van der Waals surface area contributed by atoms with Gasteiger partial charge in [-0.2, -0.15) is 0 Å². The lowest BCUT2D eigenvalue weighted by molar-refractivity contribution is -0.122. The summed E-state index contributed by atoms with van der Waals surface area (Å²) in [6.45, 7) is 2.18. The first-order chi connectivity index (χ1) is 14.2. The first-order valence-corrected chi connectivity index (χ1v) is 11.9. The van der Waals surface area contributed by atoms with Gasteiger partial charge in [0.15, 0.2) is 11.5 Å². The van der Waals surface area contributed by atoms with Crippen LogP contribution in [-0.2, 0) is 14.8 Å². The summed E-state index contributed by atoms with van der Waals surface area (Å²) < 4.78 is 37.5. The van der Waals surface area contributed by atoms with Crippen molar-refractivity contribution >= 4 is 44.8 Å². The fraction of sp³-hybridized carbons (Fsp3) is 0.350. The number of benzene rings is 2. The van der Waals surface area contributed by atoms with E-state index in [1.807, 2.05) is 12.1 Å². The van der Waals surface area contributed by atoms with Crippen molar-refractivity contribution < 1.29 is 22.7 Å². The van der Waals surface area contributed by atoms with Crippen LogP contribution in [0.5, 0.6) is 11.5 Å². The van der Waals surface area contributed by atoms with Crippen LogP contribution in [0.2, 0.25) is 10.0 Å². The minimum atomic E-state index is -3.77. The number of nitrogens with zero attached hydrogens (tertiary/aromatic N) is 1. The Morgan fingerprint density at radius 3 is 2.53 bits per heavy atom. The molecule has 2 aromatic carbocycles. The predicted molar refractivity (Wildman–Crippen MR) is 117 cm³/mol. The predicted octanol–water partition coefficient (Wildman–Crippen LogP) is 3.49. The molecule has 7 nitrogen and oxygen atoms in total. The summed E-state index contributed by atoms with van der Waals surface area (Å²) in [5.74, 6) is 0.800. The van der Waals surface area contributed by atoms with Gasteiger partial charge in [0.2, 0.25) is 15.9 Å². The second-order valence-corrected chi connectivity index (χ2v) is 9.50. The molecule has 1 amide bonds. The van der Waals surface area contributed by atoms with Crippen LogP contribution in [0.15, 0.2) is 42.5 Å². The number of anilines is 1. The van der Waals surface area contributed by atoms with Gasteiger partial charge in [-0.05, 0) is 36.8 Å². The summed E-state index contributed by atoms with van der Waals surface area (Å²) in [6, 6.07) is 10.7. The number of halogens is 2. The molecule has 0 aliphatic carbocycles. The van der Waals surface area contributed by atoms with Gasteiger partial charge in [0, 0.05) is 0 Å². The highest BCUT2D eigenvalue weighted by atomic mass is 35.5. The Labute approximate surface area is 185 Å². The van der Waals surface area contributed by atoms with E-state index in [2.05, 4.69) is 5.32 Å². The normalized spacial score (nSPS) is 16.6. The van der Waals surface area contributed by atoms with Crippen LogP contribution < -0.4 is 19.1 Å². The fourth-order valence-electron chi connectivity index (χ4n) is 3.18. The Bertz CT molecular complexity index is 1030. The maximum atomic E-state index is 12.9. The Hall–Kier alpha value is -2.16. The van der Waals surface area contributed by atoms with E-state index < -0.39 is 28.1 Å². The first kappa shape index (κ1) is 22.5. The highest BCUT2D eigenvalue weighted by Crippen LogP contribution is 2.31. The third kappa shape index (κ3) is 5.11. The van der Waals surface area contributed by atoms with Crippen LogP contribution in [0, 0.1) is 0 Å². The van der Waals surface area contributed by atoms with Gasteiger partial charge in [0.1, 0.15) is 18.8 Å². The molecule has 1 aliphatic rings. The van der Waals surface area contributed by atoms with Crippen molar-refractivity contribution in [3.05, 3.63) is 52.5 Å². The third-order valence-corrected chi connectivity index (χ3v) is 6.48. The molecular weight excluding hydrogens is 451 g/mol. The number of hydrogen-bond acceptors (Lipinski definition) is 5. The van der Waals surface area contributed by atoms with Gasteiger partial charge in [0.05, 0.1) is 28.5 Å². The van der Waals surface area contributed by atoms with Gasteiger partial charge in [-0.1, -0.05) is 42.3 Å². The molecule has 0 bridgehead atoms. The lowest BCUT2D eigenvalue weighted by Crippen LogP contribution is -2.51. The van der Waals surface area contributed by atoms with Crippen molar-refractivity contribution in [2.45, 2.75) is 25.5 Å². The number of para-hydroxylation sites is 2. The van der Waals surface area contributed by atoms with Crippen LogP contribution in [0.1, 0.15) is 13.3 Å². The number of fused-ring (bicyclic) bond motifs is 1. The van der Waals surface area contributed by atoms with Crippen LogP contribution in [0.4, 0.5) is 5.69 Å². The molecule has 0 radical (unpaired) electrons. The van der Waals surface area contributed by atoms with Crippen molar-refractivity contribution in [2.75, 3.05) is 23.7 Å². The van der Waals surface area contributed by atoms with E-state index in [1.54, 1.807) is 19.1 Å². The smallest absolute Gasteiger partial charge is 0.244 e. The summed E-state index contributed by atoms with van der Waals surface area (Å²) in [5.41, 5.74) is 0.264. The van der Waals surface area contributed by atoms with E-state index in [1.165, 1.54) is 18.2 Å². The topological polar surface area (TPSA) is 84.9 Å². The molecule has 2 aromatic rings. The van der Waals surface area contributed by atoms with Gasteiger partial charge in [-0.15, -0.1) is 0 Å². The van der Waals surface area contributed by atoms with E-state index in [4.69, 9.17) is 32.7 Å². The molecule has 1 heterocycles. The standard InChI is InChI=1S/C20H22Cl2N2O5S/c1-3-17(24(30(2,26)27)13-8-9-15(21)16(22)10-13)20(25)23-11-14-12-28-18-6-4-5-7-19(18)29-14/h4-10,14,17H,3,11-12H2,1-2H3,(H,23,25)/t14-,17+/m0/s1. The molecule has 0 aromatic heterocycles. The van der Waals surface area contributed by atoms with Crippen LogP contribution in [0.3, 0.4) is 0 Å². The summed E-state index contributed by atoms with van der Waals surface area (Å²) >= 11 is 12.0. The molecule has 30 heavy (non-hydrogen) atoms. The van der Waals surface area contributed by atoms with E-state index >= 15 is 0 Å². The van der Waals surface area contributed by atoms with Crippen molar-refractivity contribution in [3.63, 3.8) is 0 Å². The van der Waals surface area contributed by atoms with E-state index in [9.17, 15) is 13.2 Å². The molecule has 10 heteroatoms. The van der Waals surface area contributed by atoms with E-state index in [0.717, 1.165) is 10.6 Å². The fourth-order valence-corrected chi connectivity index (χ4v) is 4.67. The number of carbonyl (C=O) groups is 1. The van der Waals surface area contributed by atoms with Crippen molar-refractivity contribution in [1.82, 2.24) is 5.32 Å². The Morgan fingerprint density at radius 2 is 1.90 bits per heavy atom. The summed E-state index contributed by atoms with van der Waals surface area (Å²) in [7, 11) is -3.77. The number of rotatable bonds is 7. The number of carbonyl (C=O) groups excluding carboxylic acids is 1. The number of sulfonamides is 1. The minimum absolute atomic E-state index is 0.169. The van der Waals surface area contributed by atoms with Gasteiger partial charge in [-0.25, -0.2) is 8.42 Å². The average molecular weight is 473 g/mol. The van der Waals surface area contributed by atoms with Crippen LogP contribution >= 0.6 is 23.2 Å². The average Bonchev–Trinajstić information content (AvgIpc) is 2.71. The van der Waals surface area contributed by atoms with Crippen molar-refractivity contribution in [2.24, 2.45) is 0 Å². The summed E-state index contributed by atoms with van der Waals surface area (Å²) in [4.78, 5) is 12.9. The molecule has 162 valence electrons. The maximum absolute atomic E-state index is 12.9. The Kier molecular flexibility index (Phi) is 7.00. The van der Waals surface area contributed by atoms with Crippen molar-refractivity contribution in [1.29, 1.82) is 0 Å². The number of ether oxygens (including phenoxy) is 2. The lowest BCUT2D eigenvalue weighted by atomic mass is 10.2. The number of amides is 1. The molecular formula is C20H22Cl2N2O5S. The molecule has 3 rings (SSSR count). The molecule has 2 atom stereocenters. The molecule has 1 aliphatic heterocycles. The van der Waals surface area contributed by atoms with Gasteiger partial charge < -0.3 is 14.8 Å². The molecule has 0 saturated heterocycles. The molecule has 0 spiro atoms. The van der Waals surface area contributed by atoms with Crippen LogP contribution in [-0.4, -0.2) is 45.9 Å². The van der Waals surface area contributed by atoms with Gasteiger partial charge in [0.25, 0.3) is 0 Å². The van der Waals surface area contributed by atoms with E-state index in [0.29, 0.717) is 16.5 Å². The number of hydrogen-bond donors (Lipinski definition) is 1. The molecule has 1 N–H and O–H groups in total. The second-order valence-electron chi connectivity index (χ2n) is 6.82. The zero-order chi connectivity index (χ0) is 21.9. The minimum Gasteiger partial charge on any atom is -0.486 e. The summed E-state index contributed by atoms with van der Waals surface area (Å²) in [6.07, 6.45) is 0.905. The third-order valence-electron chi connectivity index (χ3n) is 4.56. The highest BCUT2D eigenvalue weighted by molar-refractivity contribution is 7.92. The Balaban J connectivity index is 1.74. The number of nitrogens with one attached hydrogen (secondary N) is 1.